The number of carbonyl (C=O) groups is 1. The minimum absolute atomic E-state index is 0.272. The van der Waals surface area contributed by atoms with Gasteiger partial charge in [0.2, 0.25) is 11.9 Å². The topological polar surface area (TPSA) is 77.0 Å². The number of primary amides is 1. The Labute approximate surface area is 123 Å². The van der Waals surface area contributed by atoms with Crippen molar-refractivity contribution in [2.75, 3.05) is 18.0 Å². The number of amides is 1. The highest BCUT2D eigenvalue weighted by molar-refractivity contribution is 8.00. The molecule has 1 aliphatic carbocycles. The molecule has 6 nitrogen and oxygen atoms in total. The van der Waals surface area contributed by atoms with E-state index in [9.17, 15) is 4.79 Å². The molecular weight excluding hydrogens is 274 g/mol. The van der Waals surface area contributed by atoms with Crippen molar-refractivity contribution in [2.24, 2.45) is 5.73 Å². The zero-order valence-electron chi connectivity index (χ0n) is 11.8. The van der Waals surface area contributed by atoms with Crippen LogP contribution in [-0.2, 0) is 4.79 Å². The van der Waals surface area contributed by atoms with E-state index in [2.05, 4.69) is 19.7 Å². The fourth-order valence-corrected chi connectivity index (χ4v) is 3.39. The molecular formula is C13H21N5OS. The molecule has 2 fully saturated rings. The zero-order chi connectivity index (χ0) is 14.1. The SMILES string of the molecule is C[C@H](Sc1nnc(N2CCCCC2)n1C1CC1)C(N)=O. The Kier molecular flexibility index (Phi) is 3.87. The molecule has 1 saturated heterocycles. The highest BCUT2D eigenvalue weighted by Gasteiger charge is 2.32. The summed E-state index contributed by atoms with van der Waals surface area (Å²) in [5.41, 5.74) is 5.35. The average molecular weight is 295 g/mol. The molecule has 0 unspecified atom stereocenters. The monoisotopic (exact) mass is 295 g/mol. The Morgan fingerprint density at radius 2 is 2.00 bits per heavy atom. The van der Waals surface area contributed by atoms with Crippen LogP contribution in [0.3, 0.4) is 0 Å². The number of hydrogen-bond acceptors (Lipinski definition) is 5. The van der Waals surface area contributed by atoms with Crippen LogP contribution in [0.2, 0.25) is 0 Å². The number of aromatic nitrogens is 3. The lowest BCUT2D eigenvalue weighted by molar-refractivity contribution is -0.117. The number of nitrogens with two attached hydrogens (primary N) is 1. The molecule has 110 valence electrons. The van der Waals surface area contributed by atoms with E-state index in [0.29, 0.717) is 6.04 Å². The average Bonchev–Trinajstić information content (AvgIpc) is 3.21. The van der Waals surface area contributed by atoms with Gasteiger partial charge in [0.25, 0.3) is 0 Å². The van der Waals surface area contributed by atoms with Gasteiger partial charge in [-0.1, -0.05) is 11.8 Å². The number of hydrogen-bond donors (Lipinski definition) is 1. The Morgan fingerprint density at radius 1 is 1.30 bits per heavy atom. The van der Waals surface area contributed by atoms with Crippen molar-refractivity contribution in [3.63, 3.8) is 0 Å². The van der Waals surface area contributed by atoms with Crippen molar-refractivity contribution in [2.45, 2.75) is 55.5 Å². The molecule has 0 spiro atoms. The maximum atomic E-state index is 11.2. The van der Waals surface area contributed by atoms with Crippen LogP contribution in [0.1, 0.15) is 45.1 Å². The van der Waals surface area contributed by atoms with Crippen LogP contribution in [0.5, 0.6) is 0 Å². The van der Waals surface area contributed by atoms with Crippen LogP contribution < -0.4 is 10.6 Å². The summed E-state index contributed by atoms with van der Waals surface area (Å²) in [5, 5.41) is 9.24. The van der Waals surface area contributed by atoms with Crippen LogP contribution in [0.25, 0.3) is 0 Å². The molecule has 3 rings (SSSR count). The van der Waals surface area contributed by atoms with E-state index in [1.807, 2.05) is 6.92 Å². The van der Waals surface area contributed by atoms with Gasteiger partial charge in [-0.25, -0.2) is 0 Å². The molecule has 20 heavy (non-hydrogen) atoms. The molecule has 1 aromatic rings. The zero-order valence-corrected chi connectivity index (χ0v) is 12.6. The normalized spacial score (nSPS) is 20.9. The second-order valence-corrected chi connectivity index (χ2v) is 6.90. The molecule has 2 N–H and O–H groups in total. The molecule has 1 aromatic heterocycles. The van der Waals surface area contributed by atoms with Crippen molar-refractivity contribution < 1.29 is 4.79 Å². The van der Waals surface area contributed by atoms with Crippen molar-refractivity contribution in [1.29, 1.82) is 0 Å². The van der Waals surface area contributed by atoms with E-state index >= 15 is 0 Å². The Hall–Kier alpha value is -1.24. The number of nitrogens with zero attached hydrogens (tertiary/aromatic N) is 4. The summed E-state index contributed by atoms with van der Waals surface area (Å²) in [4.78, 5) is 13.6. The van der Waals surface area contributed by atoms with Gasteiger partial charge in [0.1, 0.15) is 0 Å². The van der Waals surface area contributed by atoms with Gasteiger partial charge in [-0.05, 0) is 39.0 Å². The fraction of sp³-hybridized carbons (Fsp3) is 0.769. The maximum Gasteiger partial charge on any atom is 0.230 e. The van der Waals surface area contributed by atoms with Gasteiger partial charge in [0, 0.05) is 19.1 Å². The van der Waals surface area contributed by atoms with Crippen LogP contribution in [-0.4, -0.2) is 39.0 Å². The molecule has 1 aliphatic heterocycles. The number of anilines is 1. The Morgan fingerprint density at radius 3 is 2.60 bits per heavy atom. The summed E-state index contributed by atoms with van der Waals surface area (Å²) in [5.74, 6) is 0.672. The summed E-state index contributed by atoms with van der Waals surface area (Å²) in [7, 11) is 0. The highest BCUT2D eigenvalue weighted by atomic mass is 32.2. The van der Waals surface area contributed by atoms with Gasteiger partial charge in [-0.15, -0.1) is 10.2 Å². The van der Waals surface area contributed by atoms with Crippen LogP contribution in [0.4, 0.5) is 5.95 Å². The standard InChI is InChI=1S/C13H21N5OS/c1-9(11(14)19)20-13-16-15-12(18(13)10-5-6-10)17-7-3-2-4-8-17/h9-10H,2-8H2,1H3,(H2,14,19)/t9-/m0/s1. The number of thioether (sulfide) groups is 1. The van der Waals surface area contributed by atoms with E-state index in [1.165, 1.54) is 43.9 Å². The second kappa shape index (κ2) is 5.63. The van der Waals surface area contributed by atoms with E-state index < -0.39 is 0 Å². The lowest BCUT2D eigenvalue weighted by atomic mass is 10.1. The fourth-order valence-electron chi connectivity index (χ4n) is 2.53. The Bertz CT molecular complexity index is 493. The van der Waals surface area contributed by atoms with E-state index in [1.54, 1.807) is 0 Å². The Balaban J connectivity index is 1.83. The van der Waals surface area contributed by atoms with Crippen molar-refractivity contribution in [3.8, 4) is 0 Å². The van der Waals surface area contributed by atoms with Gasteiger partial charge in [-0.2, -0.15) is 0 Å². The molecule has 7 heteroatoms. The molecule has 1 amide bonds. The molecule has 1 saturated carbocycles. The molecule has 0 bridgehead atoms. The first kappa shape index (κ1) is 13.7. The lowest BCUT2D eigenvalue weighted by Crippen LogP contribution is -2.32. The summed E-state index contributed by atoms with van der Waals surface area (Å²) >= 11 is 1.42. The maximum absolute atomic E-state index is 11.2. The van der Waals surface area contributed by atoms with E-state index in [0.717, 1.165) is 24.2 Å². The third-order valence-corrected chi connectivity index (χ3v) is 4.96. The van der Waals surface area contributed by atoms with Crippen LogP contribution >= 0.6 is 11.8 Å². The summed E-state index contributed by atoms with van der Waals surface area (Å²) in [6.07, 6.45) is 6.10. The smallest absolute Gasteiger partial charge is 0.230 e. The predicted molar refractivity (Wildman–Crippen MR) is 78.9 cm³/mol. The lowest BCUT2D eigenvalue weighted by Gasteiger charge is -2.27. The first-order chi connectivity index (χ1) is 9.66. The predicted octanol–water partition coefficient (Wildman–Crippen LogP) is 1.57. The first-order valence-corrected chi connectivity index (χ1v) is 8.20. The van der Waals surface area contributed by atoms with Crippen molar-refractivity contribution in [3.05, 3.63) is 0 Å². The molecule has 2 aliphatic rings. The molecule has 1 atom stereocenters. The first-order valence-electron chi connectivity index (χ1n) is 7.32. The number of rotatable bonds is 5. The highest BCUT2D eigenvalue weighted by Crippen LogP contribution is 2.41. The van der Waals surface area contributed by atoms with Gasteiger partial charge < -0.3 is 10.6 Å². The second-order valence-electron chi connectivity index (χ2n) is 5.59. The third-order valence-electron chi connectivity index (χ3n) is 3.88. The van der Waals surface area contributed by atoms with Gasteiger partial charge in [0.15, 0.2) is 5.16 Å². The quantitative estimate of drug-likeness (QED) is 0.834. The van der Waals surface area contributed by atoms with E-state index in [4.69, 9.17) is 5.73 Å². The largest absolute Gasteiger partial charge is 0.369 e. The number of piperidine rings is 1. The summed E-state index contributed by atoms with van der Waals surface area (Å²) in [6.45, 7) is 3.93. The van der Waals surface area contributed by atoms with Gasteiger partial charge >= 0.3 is 0 Å². The van der Waals surface area contributed by atoms with Crippen LogP contribution in [0.15, 0.2) is 5.16 Å². The van der Waals surface area contributed by atoms with E-state index in [-0.39, 0.29) is 11.2 Å². The van der Waals surface area contributed by atoms with Crippen molar-refractivity contribution in [1.82, 2.24) is 14.8 Å². The molecule has 2 heterocycles. The minimum atomic E-state index is -0.306. The van der Waals surface area contributed by atoms with Crippen molar-refractivity contribution >= 4 is 23.6 Å². The molecule has 0 aromatic carbocycles. The summed E-state index contributed by atoms with van der Waals surface area (Å²) in [6, 6.07) is 0.504. The minimum Gasteiger partial charge on any atom is -0.369 e. The molecule has 0 radical (unpaired) electrons. The summed E-state index contributed by atoms with van der Waals surface area (Å²) < 4.78 is 2.22. The van der Waals surface area contributed by atoms with Gasteiger partial charge in [0.05, 0.1) is 5.25 Å². The van der Waals surface area contributed by atoms with Gasteiger partial charge in [-0.3, -0.25) is 9.36 Å². The third kappa shape index (κ3) is 2.77. The van der Waals surface area contributed by atoms with Crippen LogP contribution in [0, 0.1) is 0 Å². The number of carbonyl (C=O) groups excluding carboxylic acids is 1.